The van der Waals surface area contributed by atoms with Gasteiger partial charge in [-0.15, -0.1) is 34.0 Å². The van der Waals surface area contributed by atoms with E-state index in [-0.39, 0.29) is 5.57 Å². The number of aliphatic carboxylic acids is 1. The molecule has 4 heterocycles. The first-order chi connectivity index (χ1) is 31.3. The quantitative estimate of drug-likeness (QED) is 0.0563. The molecule has 0 amide bonds. The third-order valence-corrected chi connectivity index (χ3v) is 15.9. The molecule has 64 heavy (non-hydrogen) atoms. The summed E-state index contributed by atoms with van der Waals surface area (Å²) < 4.78 is 25.6. The van der Waals surface area contributed by atoms with Crippen molar-refractivity contribution in [3.8, 4) is 47.5 Å². The van der Waals surface area contributed by atoms with E-state index in [0.717, 1.165) is 95.7 Å². The van der Waals surface area contributed by atoms with Crippen LogP contribution in [0.15, 0.2) is 103 Å². The highest BCUT2D eigenvalue weighted by Gasteiger charge is 2.51. The van der Waals surface area contributed by atoms with Gasteiger partial charge >= 0.3 is 5.97 Å². The van der Waals surface area contributed by atoms with Gasteiger partial charge in [0.15, 0.2) is 0 Å². The second-order valence-electron chi connectivity index (χ2n) is 16.5. The van der Waals surface area contributed by atoms with Gasteiger partial charge in [0.05, 0.1) is 36.2 Å². The summed E-state index contributed by atoms with van der Waals surface area (Å²) in [6, 6.07) is 35.6. The molecular formula is C53H56N2O6S3. The molecule has 2 unspecified atom stereocenters. The van der Waals surface area contributed by atoms with Gasteiger partial charge in [-0.25, -0.2) is 4.79 Å². The summed E-state index contributed by atoms with van der Waals surface area (Å²) in [5.74, 6) is 0.684. The number of benzene rings is 3. The first-order valence-electron chi connectivity index (χ1n) is 22.7. The summed E-state index contributed by atoms with van der Waals surface area (Å²) in [4.78, 5) is 19.9. The number of anilines is 3. The Morgan fingerprint density at radius 3 is 1.70 bits per heavy atom. The molecule has 1 N–H and O–H groups in total. The average molecular weight is 913 g/mol. The molecular weight excluding hydrogens is 857 g/mol. The van der Waals surface area contributed by atoms with E-state index in [1.165, 1.54) is 55.9 Å². The molecule has 1 aliphatic heterocycles. The van der Waals surface area contributed by atoms with Crippen LogP contribution in [0.5, 0.6) is 11.5 Å². The van der Waals surface area contributed by atoms with Gasteiger partial charge in [-0.05, 0) is 121 Å². The van der Waals surface area contributed by atoms with Crippen LogP contribution in [0.3, 0.4) is 0 Å². The maximum Gasteiger partial charge on any atom is 0.346 e. The summed E-state index contributed by atoms with van der Waals surface area (Å²) in [5, 5.41) is 18.6. The molecule has 3 aromatic carbocycles. The number of thiophene rings is 3. The van der Waals surface area contributed by atoms with Gasteiger partial charge in [0.1, 0.15) is 23.1 Å². The smallest absolute Gasteiger partial charge is 0.346 e. The summed E-state index contributed by atoms with van der Waals surface area (Å²) in [6.07, 6.45) is 10.9. The highest BCUT2D eigenvalue weighted by atomic mass is 32.1. The minimum atomic E-state index is -1.24. The van der Waals surface area contributed by atoms with Crippen molar-refractivity contribution in [2.45, 2.75) is 84.8 Å². The summed E-state index contributed by atoms with van der Waals surface area (Å²) in [7, 11) is 0. The molecule has 8 rings (SSSR count). The van der Waals surface area contributed by atoms with Gasteiger partial charge in [-0.2, -0.15) is 5.26 Å². The molecule has 6 aromatic rings. The minimum absolute atomic E-state index is 0.291. The van der Waals surface area contributed by atoms with E-state index >= 15 is 0 Å². The van der Waals surface area contributed by atoms with Crippen molar-refractivity contribution in [2.24, 2.45) is 11.8 Å². The SMILES string of the molecule is CCCCC(CC)COc1ccc(N(c2ccc(OCC(CC)CCCC)cc2)c2ccc(-c3cc4c(s3)-c3sc(-c5ccc(/C=C(\C#N)C(=O)O)s5)cc3C43OCCO3)cc2)cc1. The van der Waals surface area contributed by atoms with Crippen molar-refractivity contribution in [3.63, 3.8) is 0 Å². The molecule has 1 aliphatic carbocycles. The molecule has 1 fully saturated rings. The maximum atomic E-state index is 11.5. The Hall–Kier alpha value is -5.22. The van der Waals surface area contributed by atoms with E-state index in [1.54, 1.807) is 28.7 Å². The second-order valence-corrected chi connectivity index (χ2v) is 19.7. The van der Waals surface area contributed by atoms with Gasteiger partial charge < -0.3 is 29.0 Å². The van der Waals surface area contributed by atoms with Crippen LogP contribution in [0.1, 0.15) is 95.1 Å². The number of carboxylic acid groups (broad SMARTS) is 1. The largest absolute Gasteiger partial charge is 0.493 e. The number of hydrogen-bond acceptors (Lipinski definition) is 10. The fraction of sp³-hybridized carbons (Fsp3) is 0.358. The van der Waals surface area contributed by atoms with Crippen LogP contribution in [-0.2, 0) is 20.1 Å². The summed E-state index contributed by atoms with van der Waals surface area (Å²) in [5.41, 5.74) is 5.96. The number of carbonyl (C=O) groups is 1. The van der Waals surface area contributed by atoms with Gasteiger partial charge in [0, 0.05) is 47.7 Å². The first kappa shape index (κ1) is 45.4. The Morgan fingerprint density at radius 2 is 1.22 bits per heavy atom. The van der Waals surface area contributed by atoms with Crippen molar-refractivity contribution >= 4 is 63.1 Å². The van der Waals surface area contributed by atoms with Gasteiger partial charge in [0.2, 0.25) is 5.79 Å². The normalized spacial score (nSPS) is 14.8. The lowest BCUT2D eigenvalue weighted by atomic mass is 10.0. The topological polar surface area (TPSA) is 101 Å². The minimum Gasteiger partial charge on any atom is -0.493 e. The van der Waals surface area contributed by atoms with Crippen LogP contribution in [0, 0.1) is 23.2 Å². The van der Waals surface area contributed by atoms with Crippen molar-refractivity contribution in [1.29, 1.82) is 5.26 Å². The number of nitriles is 1. The third kappa shape index (κ3) is 9.73. The maximum absolute atomic E-state index is 11.5. The highest BCUT2D eigenvalue weighted by Crippen LogP contribution is 2.60. The van der Waals surface area contributed by atoms with Crippen LogP contribution in [0.4, 0.5) is 17.1 Å². The van der Waals surface area contributed by atoms with E-state index in [4.69, 9.17) is 18.9 Å². The van der Waals surface area contributed by atoms with Crippen LogP contribution >= 0.6 is 34.0 Å². The zero-order chi connectivity index (χ0) is 44.6. The molecule has 0 radical (unpaired) electrons. The van der Waals surface area contributed by atoms with Crippen molar-refractivity contribution in [3.05, 3.63) is 119 Å². The second kappa shape index (κ2) is 20.7. The Kier molecular flexibility index (Phi) is 14.7. The number of carboxylic acids is 1. The number of nitrogens with zero attached hydrogens (tertiary/aromatic N) is 2. The average Bonchev–Trinajstić information content (AvgIpc) is 4.18. The van der Waals surface area contributed by atoms with Gasteiger partial charge in [-0.3, -0.25) is 0 Å². The fourth-order valence-electron chi connectivity index (χ4n) is 8.42. The molecule has 3 aromatic heterocycles. The third-order valence-electron chi connectivity index (χ3n) is 12.2. The lowest BCUT2D eigenvalue weighted by molar-refractivity contribution is -0.132. The summed E-state index contributed by atoms with van der Waals surface area (Å²) in [6.45, 7) is 11.4. The predicted octanol–water partition coefficient (Wildman–Crippen LogP) is 15.1. The van der Waals surface area contributed by atoms with E-state index in [1.807, 2.05) is 12.1 Å². The molecule has 8 nitrogen and oxygen atoms in total. The summed E-state index contributed by atoms with van der Waals surface area (Å²) >= 11 is 4.89. The first-order valence-corrected chi connectivity index (χ1v) is 25.1. The van der Waals surface area contributed by atoms with Crippen LogP contribution < -0.4 is 14.4 Å². The van der Waals surface area contributed by atoms with Crippen LogP contribution in [0.25, 0.3) is 36.0 Å². The molecule has 1 spiro atoms. The zero-order valence-corrected chi connectivity index (χ0v) is 39.5. The number of unbranched alkanes of at least 4 members (excludes halogenated alkanes) is 2. The Morgan fingerprint density at radius 1 is 0.719 bits per heavy atom. The zero-order valence-electron chi connectivity index (χ0n) is 37.1. The number of ether oxygens (including phenoxy) is 4. The lowest BCUT2D eigenvalue weighted by Gasteiger charge is -2.26. The van der Waals surface area contributed by atoms with Gasteiger partial charge in [0.25, 0.3) is 0 Å². The van der Waals surface area contributed by atoms with E-state index < -0.39 is 11.8 Å². The highest BCUT2D eigenvalue weighted by molar-refractivity contribution is 7.27. The van der Waals surface area contributed by atoms with Gasteiger partial charge in [-0.1, -0.05) is 78.4 Å². The molecule has 332 valence electrons. The Bertz CT molecular complexity index is 2510. The number of rotatable bonds is 21. The van der Waals surface area contributed by atoms with Crippen molar-refractivity contribution in [2.75, 3.05) is 31.3 Å². The predicted molar refractivity (Wildman–Crippen MR) is 263 cm³/mol. The van der Waals surface area contributed by atoms with Crippen molar-refractivity contribution in [1.82, 2.24) is 0 Å². The fourth-order valence-corrected chi connectivity index (χ4v) is 12.0. The Balaban J connectivity index is 1.07. The standard InChI is InChI=1S/C53H56N2O6S3/c1-5-9-11-35(7-3)33-58-42-21-17-40(18-22-42)55(41-19-23-43(24-20-41)59-34-36(8-4)12-10-6-2)39-15-13-37(14-16-39)48-30-45-50(63-48)51-46(53(45)60-27-28-61-53)31-49(64-51)47-26-25-44(62-47)29-38(32-54)52(56)57/h13-26,29-31,35-36H,5-12,27-28,33-34H2,1-4H3,(H,56,57)/b38-29+. The molecule has 2 aliphatic rings. The van der Waals surface area contributed by atoms with Crippen molar-refractivity contribution < 1.29 is 28.8 Å². The van der Waals surface area contributed by atoms with Crippen LogP contribution in [0.2, 0.25) is 0 Å². The molecule has 0 bridgehead atoms. The molecule has 1 saturated heterocycles. The molecule has 11 heteroatoms. The Labute approximate surface area is 389 Å². The molecule has 2 atom stereocenters. The van der Waals surface area contributed by atoms with E-state index in [0.29, 0.717) is 29.9 Å². The monoisotopic (exact) mass is 912 g/mol. The number of hydrogen-bond donors (Lipinski definition) is 1. The number of fused-ring (bicyclic) bond motifs is 5. The lowest BCUT2D eigenvalue weighted by Crippen LogP contribution is -2.25. The molecule has 0 saturated carbocycles. The van der Waals surface area contributed by atoms with Crippen LogP contribution in [-0.4, -0.2) is 37.5 Å². The van der Waals surface area contributed by atoms with E-state index in [9.17, 15) is 15.2 Å². The van der Waals surface area contributed by atoms with E-state index in [2.05, 4.69) is 118 Å².